The van der Waals surface area contributed by atoms with Gasteiger partial charge in [0.1, 0.15) is 11.4 Å². The van der Waals surface area contributed by atoms with E-state index in [1.165, 1.54) is 4.52 Å². The maximum Gasteiger partial charge on any atom is 0.393 e. The van der Waals surface area contributed by atoms with E-state index in [1.807, 2.05) is 18.7 Å². The molecule has 3 fully saturated rings. The third-order valence-corrected chi connectivity index (χ3v) is 9.59. The summed E-state index contributed by atoms with van der Waals surface area (Å²) in [6, 6.07) is 1.29. The number of nitrogens with zero attached hydrogens (tertiary/aromatic N) is 7. The second-order valence-electron chi connectivity index (χ2n) is 13.2. The van der Waals surface area contributed by atoms with Gasteiger partial charge in [-0.25, -0.2) is 9.50 Å². The van der Waals surface area contributed by atoms with Crippen molar-refractivity contribution in [2.45, 2.75) is 77.6 Å². The first kappa shape index (κ1) is 32.2. The molecule has 15 heteroatoms. The van der Waals surface area contributed by atoms with Crippen molar-refractivity contribution >= 4 is 23.4 Å². The van der Waals surface area contributed by atoms with E-state index in [0.29, 0.717) is 60.9 Å². The molecule has 1 unspecified atom stereocenters. The Bertz CT molecular complexity index is 1540. The van der Waals surface area contributed by atoms with Gasteiger partial charge in [0.25, 0.3) is 11.7 Å². The Morgan fingerprint density at radius 1 is 1.15 bits per heavy atom. The number of hydrogen-bond donors (Lipinski definition) is 2. The van der Waals surface area contributed by atoms with Crippen LogP contribution in [0.25, 0.3) is 5.78 Å². The normalized spacial score (nSPS) is 25.1. The molecule has 5 heterocycles. The molecule has 6 rings (SSSR count). The minimum atomic E-state index is -4.41. The third kappa shape index (κ3) is 6.83. The van der Waals surface area contributed by atoms with Crippen LogP contribution in [0.3, 0.4) is 0 Å². The number of piperidine rings is 1. The van der Waals surface area contributed by atoms with E-state index in [0.717, 1.165) is 25.7 Å². The summed E-state index contributed by atoms with van der Waals surface area (Å²) in [7, 11) is 0. The van der Waals surface area contributed by atoms with E-state index >= 15 is 0 Å². The number of morpholine rings is 1. The first-order chi connectivity index (χ1) is 22.0. The number of hydrogen-bond acceptors (Lipinski definition) is 8. The topological polar surface area (TPSA) is 132 Å². The fraction of sp³-hybridized carbons (Fsp3) is 0.677. The molecule has 3 aromatic heterocycles. The van der Waals surface area contributed by atoms with Gasteiger partial charge in [0.05, 0.1) is 37.1 Å². The summed E-state index contributed by atoms with van der Waals surface area (Å²) >= 11 is 0. The molecule has 0 aromatic carbocycles. The van der Waals surface area contributed by atoms with Crippen molar-refractivity contribution in [2.24, 2.45) is 23.7 Å². The molecule has 0 spiro atoms. The molecule has 12 nitrogen and oxygen atoms in total. The van der Waals surface area contributed by atoms with Crippen molar-refractivity contribution in [1.29, 1.82) is 0 Å². The van der Waals surface area contributed by atoms with Gasteiger partial charge in [0.15, 0.2) is 5.82 Å². The van der Waals surface area contributed by atoms with Gasteiger partial charge < -0.3 is 20.3 Å². The van der Waals surface area contributed by atoms with Gasteiger partial charge in [0.2, 0.25) is 5.91 Å². The summed E-state index contributed by atoms with van der Waals surface area (Å²) in [5, 5.41) is 14.8. The number of imidazole rings is 1. The van der Waals surface area contributed by atoms with Crippen molar-refractivity contribution in [2.75, 3.05) is 37.7 Å². The maximum atomic E-state index is 13.6. The molecule has 1 saturated carbocycles. The lowest BCUT2D eigenvalue weighted by Crippen LogP contribution is -2.47. The molecular formula is C31H42F3N9O3. The Morgan fingerprint density at radius 3 is 2.59 bits per heavy atom. The smallest absolute Gasteiger partial charge is 0.378 e. The maximum absolute atomic E-state index is 13.6. The molecule has 2 saturated heterocycles. The summed E-state index contributed by atoms with van der Waals surface area (Å²) in [4.78, 5) is 38.1. The Kier molecular flexibility index (Phi) is 9.22. The highest BCUT2D eigenvalue weighted by atomic mass is 19.4. The highest BCUT2D eigenvalue weighted by Crippen LogP contribution is 2.38. The van der Waals surface area contributed by atoms with Gasteiger partial charge in [-0.1, -0.05) is 19.8 Å². The Hall–Kier alpha value is -3.75. The van der Waals surface area contributed by atoms with Crippen LogP contribution in [0, 0.1) is 23.7 Å². The number of ether oxygens (including phenoxy) is 1. The van der Waals surface area contributed by atoms with Crippen molar-refractivity contribution in [3.8, 4) is 0 Å². The Morgan fingerprint density at radius 2 is 1.89 bits per heavy atom. The third-order valence-electron chi connectivity index (χ3n) is 9.59. The van der Waals surface area contributed by atoms with Crippen LogP contribution >= 0.6 is 0 Å². The number of rotatable bonds is 8. The lowest BCUT2D eigenvalue weighted by Gasteiger charge is -2.32. The van der Waals surface area contributed by atoms with Crippen LogP contribution in [0.1, 0.15) is 86.8 Å². The lowest BCUT2D eigenvalue weighted by molar-refractivity contribution is -0.183. The number of carbonyl (C=O) groups is 2. The minimum absolute atomic E-state index is 0.00142. The van der Waals surface area contributed by atoms with Gasteiger partial charge in [-0.15, -0.1) is 0 Å². The highest BCUT2D eigenvalue weighted by molar-refractivity contribution is 5.92. The summed E-state index contributed by atoms with van der Waals surface area (Å²) in [5.41, 5.74) is 1.50. The molecule has 2 amide bonds. The predicted octanol–water partition coefficient (Wildman–Crippen LogP) is 3.89. The molecule has 3 aliphatic rings. The van der Waals surface area contributed by atoms with Crippen LogP contribution in [0.5, 0.6) is 0 Å². The van der Waals surface area contributed by atoms with Crippen molar-refractivity contribution in [3.05, 3.63) is 35.5 Å². The van der Waals surface area contributed by atoms with Crippen LogP contribution < -0.4 is 15.5 Å². The fourth-order valence-corrected chi connectivity index (χ4v) is 6.91. The number of halogens is 3. The molecule has 2 aliphatic heterocycles. The number of anilines is 1. The average Bonchev–Trinajstić information content (AvgIpc) is 3.69. The summed E-state index contributed by atoms with van der Waals surface area (Å²) in [6.07, 6.45) is 2.57. The zero-order valence-corrected chi connectivity index (χ0v) is 26.5. The zero-order chi connectivity index (χ0) is 32.6. The fourth-order valence-electron chi connectivity index (χ4n) is 6.91. The second kappa shape index (κ2) is 13.2. The van der Waals surface area contributed by atoms with Gasteiger partial charge >= 0.3 is 6.18 Å². The van der Waals surface area contributed by atoms with Crippen LogP contribution in [0.15, 0.2) is 18.5 Å². The Labute approximate surface area is 265 Å². The number of nitrogens with one attached hydrogen (secondary N) is 2. The number of aromatic nitrogens is 6. The first-order valence-corrected chi connectivity index (χ1v) is 16.3. The van der Waals surface area contributed by atoms with E-state index in [2.05, 4.69) is 22.7 Å². The molecule has 3 aromatic rings. The van der Waals surface area contributed by atoms with Crippen LogP contribution in [0.4, 0.5) is 19.0 Å². The monoisotopic (exact) mass is 645 g/mol. The largest absolute Gasteiger partial charge is 0.393 e. The van der Waals surface area contributed by atoms with E-state index in [1.54, 1.807) is 23.1 Å². The van der Waals surface area contributed by atoms with E-state index < -0.39 is 36.5 Å². The van der Waals surface area contributed by atoms with Crippen molar-refractivity contribution < 1.29 is 27.5 Å². The highest BCUT2D eigenvalue weighted by Gasteiger charge is 2.45. The molecule has 3 atom stereocenters. The van der Waals surface area contributed by atoms with Gasteiger partial charge in [-0.2, -0.15) is 28.4 Å². The molecule has 0 bridgehead atoms. The molecule has 46 heavy (non-hydrogen) atoms. The lowest BCUT2D eigenvalue weighted by atomic mass is 9.78. The zero-order valence-electron chi connectivity index (χ0n) is 26.5. The van der Waals surface area contributed by atoms with Crippen LogP contribution in [0.2, 0.25) is 0 Å². The van der Waals surface area contributed by atoms with Crippen LogP contribution in [-0.4, -0.2) is 80.2 Å². The van der Waals surface area contributed by atoms with Crippen LogP contribution in [-0.2, 0) is 16.0 Å². The molecular weight excluding hydrogens is 603 g/mol. The summed E-state index contributed by atoms with van der Waals surface area (Å²) in [6.45, 7) is 7.73. The van der Waals surface area contributed by atoms with Gasteiger partial charge in [0, 0.05) is 44.2 Å². The van der Waals surface area contributed by atoms with E-state index in [-0.39, 0.29) is 30.7 Å². The summed E-state index contributed by atoms with van der Waals surface area (Å²) in [5.74, 6) is -1.64. The summed E-state index contributed by atoms with van der Waals surface area (Å²) < 4.78 is 49.6. The van der Waals surface area contributed by atoms with Crippen molar-refractivity contribution in [3.63, 3.8) is 0 Å². The average molecular weight is 646 g/mol. The quantitative estimate of drug-likeness (QED) is 0.377. The molecule has 1 aliphatic carbocycles. The van der Waals surface area contributed by atoms with E-state index in [9.17, 15) is 22.8 Å². The molecule has 2 N–H and O–H groups in total. The van der Waals surface area contributed by atoms with E-state index in [4.69, 9.17) is 19.8 Å². The second-order valence-corrected chi connectivity index (χ2v) is 13.2. The van der Waals surface area contributed by atoms with Gasteiger partial charge in [-0.05, 0) is 51.0 Å². The predicted molar refractivity (Wildman–Crippen MR) is 162 cm³/mol. The number of amides is 2. The van der Waals surface area contributed by atoms with Crippen molar-refractivity contribution in [1.82, 2.24) is 40.0 Å². The first-order valence-electron chi connectivity index (χ1n) is 16.3. The number of carbonyl (C=O) groups excluding carboxylic acids is 2. The SMILES string of the molecule is CC1CCC([C@H](NC(=O)c2ccnn2C(C)C)c2cn3nc(CC4C[C@@H](C(F)(F)F)CNC4=O)c(N4CCOCC4)nc3n2)CC1. The molecule has 0 radical (unpaired) electrons. The standard InChI is InChI=1S/C31H42F3N9O3/c1-18(2)43-25(8-9-36-43)29(45)38-26(20-6-4-19(3)5-7-20)24-17-42-30(37-24)39-27(41-10-12-46-13-11-41)23(40-42)15-21-14-22(31(32,33)34)16-35-28(21)44/h8-9,17-22,26H,4-7,10-16H2,1-3H3,(H,35,44)(H,38,45)/t19?,20?,21?,22-,26+/m1/s1. The molecule has 250 valence electrons. The van der Waals surface area contributed by atoms with Gasteiger partial charge in [-0.3, -0.25) is 14.3 Å². The minimum Gasteiger partial charge on any atom is -0.378 e. The number of fused-ring (bicyclic) bond motifs is 1. The number of alkyl halides is 3. The Balaban J connectivity index is 1.35.